The topological polar surface area (TPSA) is 41.1 Å². The molecule has 0 aliphatic rings. The van der Waals surface area contributed by atoms with Gasteiger partial charge in [-0.1, -0.05) is 55.3 Å². The van der Waals surface area contributed by atoms with E-state index in [0.717, 1.165) is 11.1 Å². The Morgan fingerprint density at radius 1 is 1.35 bits per heavy atom. The van der Waals surface area contributed by atoms with Gasteiger partial charge in [0.1, 0.15) is 0 Å². The third-order valence-electron chi connectivity index (χ3n) is 2.41. The Kier molecular flexibility index (Phi) is 10.9. The molecule has 0 aromatic rings. The molecule has 0 radical (unpaired) electrons. The van der Waals surface area contributed by atoms with E-state index in [1.165, 1.54) is 5.49 Å². The van der Waals surface area contributed by atoms with E-state index in [1.807, 2.05) is 44.2 Å². The fourth-order valence-corrected chi connectivity index (χ4v) is 1.42. The molecular weight excluding hydrogens is 268 g/mol. The fraction of sp³-hybridized carbons (Fsp3) is 0.250. The summed E-state index contributed by atoms with van der Waals surface area (Å²) in [7, 11) is 0. The van der Waals surface area contributed by atoms with Crippen LogP contribution in [0.5, 0.6) is 0 Å². The summed E-state index contributed by atoms with van der Waals surface area (Å²) >= 11 is 4.69. The number of rotatable bonds is 9. The minimum absolute atomic E-state index is 0.0173. The number of thiocarbonyl (C=S) groups is 1. The third kappa shape index (κ3) is 9.05. The first-order chi connectivity index (χ1) is 9.65. The Morgan fingerprint density at radius 2 is 2.10 bits per heavy atom. The highest BCUT2D eigenvalue weighted by atomic mass is 32.1. The summed E-state index contributed by atoms with van der Waals surface area (Å²) in [6, 6.07) is 0. The van der Waals surface area contributed by atoms with Crippen LogP contribution in [0.15, 0.2) is 60.4 Å². The number of amides is 1. The van der Waals surface area contributed by atoms with Gasteiger partial charge in [-0.15, -0.1) is 0 Å². The molecule has 0 saturated heterocycles. The predicted molar refractivity (Wildman–Crippen MR) is 90.4 cm³/mol. The van der Waals surface area contributed by atoms with Crippen molar-refractivity contribution in [2.45, 2.75) is 20.3 Å². The van der Waals surface area contributed by atoms with Crippen molar-refractivity contribution in [3.05, 3.63) is 60.4 Å². The average molecular weight is 290 g/mol. The molecule has 0 fully saturated rings. The summed E-state index contributed by atoms with van der Waals surface area (Å²) in [5, 5.41) is 5.71. The SMILES string of the molecule is C=C/C=C(CNC(=O)C/C=C\C=C/C)\C(C)=C\NC=S. The van der Waals surface area contributed by atoms with Gasteiger partial charge in [0.05, 0.1) is 5.49 Å². The van der Waals surface area contributed by atoms with Gasteiger partial charge >= 0.3 is 0 Å². The van der Waals surface area contributed by atoms with Gasteiger partial charge in [0.2, 0.25) is 5.91 Å². The van der Waals surface area contributed by atoms with E-state index in [1.54, 1.807) is 12.3 Å². The second-order valence-corrected chi connectivity index (χ2v) is 4.21. The van der Waals surface area contributed by atoms with Gasteiger partial charge in [-0.3, -0.25) is 4.79 Å². The van der Waals surface area contributed by atoms with Crippen molar-refractivity contribution in [2.24, 2.45) is 0 Å². The second-order valence-electron chi connectivity index (χ2n) is 3.97. The van der Waals surface area contributed by atoms with Crippen molar-refractivity contribution >= 4 is 23.6 Å². The van der Waals surface area contributed by atoms with Crippen LogP contribution in [0.3, 0.4) is 0 Å². The Hall–Kier alpha value is -1.94. The number of nitrogens with one attached hydrogen (secondary N) is 2. The predicted octanol–water partition coefficient (Wildman–Crippen LogP) is 3.19. The lowest BCUT2D eigenvalue weighted by Crippen LogP contribution is -2.25. The molecular formula is C16H22N2OS. The molecule has 0 rings (SSSR count). The number of carbonyl (C=O) groups excluding carboxylic acids is 1. The van der Waals surface area contributed by atoms with Crippen molar-refractivity contribution in [1.29, 1.82) is 0 Å². The average Bonchev–Trinajstić information content (AvgIpc) is 2.45. The molecule has 0 aliphatic carbocycles. The van der Waals surface area contributed by atoms with Gasteiger partial charge in [-0.05, 0) is 25.0 Å². The van der Waals surface area contributed by atoms with Crippen LogP contribution >= 0.6 is 12.2 Å². The number of carbonyl (C=O) groups is 1. The zero-order chi connectivity index (χ0) is 15.2. The number of hydrogen-bond acceptors (Lipinski definition) is 2. The van der Waals surface area contributed by atoms with Crippen LogP contribution in [-0.4, -0.2) is 17.9 Å². The van der Waals surface area contributed by atoms with Crippen molar-refractivity contribution < 1.29 is 4.79 Å². The van der Waals surface area contributed by atoms with Crippen LogP contribution in [0.4, 0.5) is 0 Å². The highest BCUT2D eigenvalue weighted by Gasteiger charge is 2.02. The summed E-state index contributed by atoms with van der Waals surface area (Å²) in [6.45, 7) is 8.01. The summed E-state index contributed by atoms with van der Waals surface area (Å²) < 4.78 is 0. The zero-order valence-electron chi connectivity index (χ0n) is 12.1. The van der Waals surface area contributed by atoms with Crippen LogP contribution < -0.4 is 10.6 Å². The molecule has 0 spiro atoms. The lowest BCUT2D eigenvalue weighted by Gasteiger charge is -2.09. The van der Waals surface area contributed by atoms with E-state index in [4.69, 9.17) is 12.2 Å². The van der Waals surface area contributed by atoms with Crippen molar-refractivity contribution in [2.75, 3.05) is 6.54 Å². The smallest absolute Gasteiger partial charge is 0.224 e. The monoisotopic (exact) mass is 290 g/mol. The van der Waals surface area contributed by atoms with Crippen molar-refractivity contribution in [3.8, 4) is 0 Å². The normalized spacial score (nSPS) is 12.7. The minimum Gasteiger partial charge on any atom is -0.359 e. The summed E-state index contributed by atoms with van der Waals surface area (Å²) in [5.41, 5.74) is 3.41. The van der Waals surface area contributed by atoms with Crippen LogP contribution in [0.2, 0.25) is 0 Å². The van der Waals surface area contributed by atoms with Crippen molar-refractivity contribution in [3.63, 3.8) is 0 Å². The first-order valence-corrected chi connectivity index (χ1v) is 6.85. The molecule has 1 amide bonds. The van der Waals surface area contributed by atoms with Gasteiger partial charge < -0.3 is 10.6 Å². The molecule has 0 unspecified atom stereocenters. The maximum absolute atomic E-state index is 11.7. The first-order valence-electron chi connectivity index (χ1n) is 6.38. The lowest BCUT2D eigenvalue weighted by molar-refractivity contribution is -0.120. The molecule has 0 atom stereocenters. The third-order valence-corrected chi connectivity index (χ3v) is 2.55. The van der Waals surface area contributed by atoms with E-state index >= 15 is 0 Å². The second kappa shape index (κ2) is 12.1. The molecule has 108 valence electrons. The molecule has 2 N–H and O–H groups in total. The van der Waals surface area contributed by atoms with Gasteiger partial charge in [-0.2, -0.15) is 0 Å². The van der Waals surface area contributed by atoms with E-state index in [0.29, 0.717) is 13.0 Å². The van der Waals surface area contributed by atoms with Gasteiger partial charge in [0.25, 0.3) is 0 Å². The first kappa shape index (κ1) is 18.1. The highest BCUT2D eigenvalue weighted by Crippen LogP contribution is 2.07. The van der Waals surface area contributed by atoms with Gasteiger partial charge in [-0.25, -0.2) is 0 Å². The maximum atomic E-state index is 11.7. The van der Waals surface area contributed by atoms with Crippen LogP contribution in [-0.2, 0) is 4.79 Å². The fourth-order valence-electron chi connectivity index (χ4n) is 1.35. The Bertz CT molecular complexity index is 445. The van der Waals surface area contributed by atoms with E-state index in [-0.39, 0.29) is 5.91 Å². The number of allylic oxidation sites excluding steroid dienone is 5. The van der Waals surface area contributed by atoms with Crippen LogP contribution in [0, 0.1) is 0 Å². The molecule has 0 aromatic carbocycles. The standard InChI is InChI=1S/C16H22N2OS/c1-4-6-7-8-10-16(19)18-12-15(9-5-2)14(3)11-17-13-20/h4-9,11,13H,2,10,12H2,1,3H3,(H,17,20)(H,18,19)/b6-4-,8-7-,14-11+,15-9-. The van der Waals surface area contributed by atoms with Gasteiger partial charge in [0.15, 0.2) is 0 Å². The van der Waals surface area contributed by atoms with E-state index in [2.05, 4.69) is 17.2 Å². The Balaban J connectivity index is 4.42. The Morgan fingerprint density at radius 3 is 2.70 bits per heavy atom. The number of hydrogen-bond donors (Lipinski definition) is 2. The van der Waals surface area contributed by atoms with E-state index < -0.39 is 0 Å². The summed E-state index contributed by atoms with van der Waals surface area (Å²) in [5.74, 6) is -0.0173. The molecule has 0 aliphatic heterocycles. The zero-order valence-corrected chi connectivity index (χ0v) is 12.9. The van der Waals surface area contributed by atoms with Crippen LogP contribution in [0.25, 0.3) is 0 Å². The minimum atomic E-state index is -0.0173. The molecule has 0 heterocycles. The summed E-state index contributed by atoms with van der Waals surface area (Å²) in [6.07, 6.45) is 13.2. The summed E-state index contributed by atoms with van der Waals surface area (Å²) in [4.78, 5) is 11.7. The van der Waals surface area contributed by atoms with E-state index in [9.17, 15) is 4.79 Å². The molecule has 4 heteroatoms. The molecule has 20 heavy (non-hydrogen) atoms. The molecule has 0 aromatic heterocycles. The molecule has 3 nitrogen and oxygen atoms in total. The maximum Gasteiger partial charge on any atom is 0.224 e. The molecule has 0 bridgehead atoms. The van der Waals surface area contributed by atoms with Gasteiger partial charge in [0, 0.05) is 19.2 Å². The highest BCUT2D eigenvalue weighted by molar-refractivity contribution is 7.78. The Labute approximate surface area is 126 Å². The largest absolute Gasteiger partial charge is 0.359 e. The lowest BCUT2D eigenvalue weighted by atomic mass is 10.1. The quantitative estimate of drug-likeness (QED) is 0.506. The van der Waals surface area contributed by atoms with Crippen LogP contribution in [0.1, 0.15) is 20.3 Å². The molecule has 0 saturated carbocycles. The van der Waals surface area contributed by atoms with Crippen molar-refractivity contribution in [1.82, 2.24) is 10.6 Å².